The highest BCUT2D eigenvalue weighted by Gasteiger charge is 2.23. The summed E-state index contributed by atoms with van der Waals surface area (Å²) >= 11 is 0. The molecule has 216 valence electrons. The summed E-state index contributed by atoms with van der Waals surface area (Å²) in [5, 5.41) is 18.2. The van der Waals surface area contributed by atoms with Crippen LogP contribution in [-0.2, 0) is 0 Å². The molecule has 0 amide bonds. The van der Waals surface area contributed by atoms with Crippen molar-refractivity contribution in [2.75, 3.05) is 26.4 Å². The van der Waals surface area contributed by atoms with Gasteiger partial charge in [0.15, 0.2) is 0 Å². The highest BCUT2D eigenvalue weighted by atomic mass is 19.1. The molecule has 0 bridgehead atoms. The lowest BCUT2D eigenvalue weighted by atomic mass is 9.77. The van der Waals surface area contributed by atoms with E-state index in [0.29, 0.717) is 37.5 Å². The van der Waals surface area contributed by atoms with Crippen LogP contribution in [0.2, 0.25) is 0 Å². The molecule has 4 rings (SSSR count). The Labute approximate surface area is 239 Å². The Morgan fingerprint density at radius 2 is 1.48 bits per heavy atom. The number of aliphatic hydroxyl groups excluding tert-OH is 2. The van der Waals surface area contributed by atoms with Gasteiger partial charge in [0.2, 0.25) is 0 Å². The number of aliphatic hydroxyl groups is 2. The van der Waals surface area contributed by atoms with E-state index in [9.17, 15) is 0 Å². The van der Waals surface area contributed by atoms with Gasteiger partial charge in [0.1, 0.15) is 17.3 Å². The van der Waals surface area contributed by atoms with E-state index in [1.165, 1.54) is 25.7 Å². The van der Waals surface area contributed by atoms with Crippen molar-refractivity contribution in [3.8, 4) is 33.8 Å². The second kappa shape index (κ2) is 15.8. The highest BCUT2D eigenvalue weighted by molar-refractivity contribution is 5.78. The van der Waals surface area contributed by atoms with Crippen LogP contribution in [0.5, 0.6) is 11.5 Å². The van der Waals surface area contributed by atoms with Crippen LogP contribution in [-0.4, -0.2) is 36.6 Å². The molecule has 1 saturated carbocycles. The van der Waals surface area contributed by atoms with Gasteiger partial charge in [0.25, 0.3) is 0 Å². The molecule has 3 aromatic rings. The number of halogens is 1. The first-order valence-corrected chi connectivity index (χ1v) is 15.1. The quantitative estimate of drug-likeness (QED) is 0.187. The molecule has 40 heavy (non-hydrogen) atoms. The first-order chi connectivity index (χ1) is 19.6. The number of ether oxygens (including phenoxy) is 2. The van der Waals surface area contributed by atoms with Gasteiger partial charge < -0.3 is 19.7 Å². The molecule has 1 aliphatic carbocycles. The Morgan fingerprint density at radius 3 is 2.17 bits per heavy atom. The average Bonchev–Trinajstić information content (AvgIpc) is 2.98. The zero-order chi connectivity index (χ0) is 28.2. The Bertz CT molecular complexity index is 1190. The third-order valence-corrected chi connectivity index (χ3v) is 8.08. The van der Waals surface area contributed by atoms with Crippen LogP contribution in [0.3, 0.4) is 0 Å². The summed E-state index contributed by atoms with van der Waals surface area (Å²) in [4.78, 5) is 0. The van der Waals surface area contributed by atoms with Crippen LogP contribution in [0.25, 0.3) is 22.3 Å². The van der Waals surface area contributed by atoms with Crippen molar-refractivity contribution in [3.05, 3.63) is 72.0 Å². The minimum absolute atomic E-state index is 0.139. The zero-order valence-electron chi connectivity index (χ0n) is 23.9. The van der Waals surface area contributed by atoms with Gasteiger partial charge in [-0.05, 0) is 110 Å². The summed E-state index contributed by atoms with van der Waals surface area (Å²) in [7, 11) is 0. The standard InChI is InChI=1S/C35H45FO4/c1-2-8-26-11-13-27(14-12-26)28-15-17-32(34(36)25-28)30-16-18-35(40-22-6-4-20-38)33(24-30)29-9-7-10-31(23-29)39-21-5-3-19-37/h7,9-10,15-18,23-27,37-38H,2-6,8,11-14,19-22H2,1H3. The second-order valence-electron chi connectivity index (χ2n) is 11.0. The molecule has 0 aliphatic heterocycles. The second-order valence-corrected chi connectivity index (χ2v) is 11.0. The van der Waals surface area contributed by atoms with E-state index in [0.717, 1.165) is 65.4 Å². The van der Waals surface area contributed by atoms with E-state index in [-0.39, 0.29) is 19.0 Å². The van der Waals surface area contributed by atoms with Crippen molar-refractivity contribution in [2.24, 2.45) is 5.92 Å². The van der Waals surface area contributed by atoms with Gasteiger partial charge in [-0.3, -0.25) is 0 Å². The van der Waals surface area contributed by atoms with E-state index in [2.05, 4.69) is 13.0 Å². The summed E-state index contributed by atoms with van der Waals surface area (Å²) in [6.07, 6.45) is 10.3. The minimum Gasteiger partial charge on any atom is -0.494 e. The zero-order valence-corrected chi connectivity index (χ0v) is 23.9. The first kappa shape index (κ1) is 30.1. The smallest absolute Gasteiger partial charge is 0.131 e. The molecule has 0 heterocycles. The summed E-state index contributed by atoms with van der Waals surface area (Å²) in [5.41, 5.74) is 4.32. The first-order valence-electron chi connectivity index (χ1n) is 15.1. The van der Waals surface area contributed by atoms with Crippen molar-refractivity contribution in [3.63, 3.8) is 0 Å². The summed E-state index contributed by atoms with van der Waals surface area (Å²) in [6, 6.07) is 19.5. The molecule has 0 spiro atoms. The van der Waals surface area contributed by atoms with E-state index >= 15 is 4.39 Å². The maximum atomic E-state index is 15.6. The molecule has 0 unspecified atom stereocenters. The Morgan fingerprint density at radius 1 is 0.750 bits per heavy atom. The molecular formula is C35H45FO4. The predicted molar refractivity (Wildman–Crippen MR) is 161 cm³/mol. The molecule has 4 nitrogen and oxygen atoms in total. The lowest BCUT2D eigenvalue weighted by molar-refractivity contribution is 0.253. The van der Waals surface area contributed by atoms with Gasteiger partial charge in [-0.1, -0.05) is 50.1 Å². The van der Waals surface area contributed by atoms with Gasteiger partial charge in [-0.15, -0.1) is 0 Å². The number of benzene rings is 3. The van der Waals surface area contributed by atoms with Crippen LogP contribution < -0.4 is 9.47 Å². The lowest BCUT2D eigenvalue weighted by Gasteiger charge is -2.28. The van der Waals surface area contributed by atoms with E-state index in [4.69, 9.17) is 19.7 Å². The van der Waals surface area contributed by atoms with E-state index in [1.807, 2.05) is 48.5 Å². The molecule has 0 radical (unpaired) electrons. The molecule has 3 aromatic carbocycles. The Balaban J connectivity index is 1.57. The van der Waals surface area contributed by atoms with Crippen molar-refractivity contribution in [1.82, 2.24) is 0 Å². The fourth-order valence-electron chi connectivity index (χ4n) is 5.81. The van der Waals surface area contributed by atoms with Crippen LogP contribution in [0.4, 0.5) is 4.39 Å². The van der Waals surface area contributed by atoms with Crippen molar-refractivity contribution in [2.45, 2.75) is 77.0 Å². The fourth-order valence-corrected chi connectivity index (χ4v) is 5.81. The average molecular weight is 549 g/mol. The maximum Gasteiger partial charge on any atom is 0.131 e. The van der Waals surface area contributed by atoms with Gasteiger partial charge >= 0.3 is 0 Å². The van der Waals surface area contributed by atoms with Crippen LogP contribution in [0.1, 0.15) is 82.6 Å². The summed E-state index contributed by atoms with van der Waals surface area (Å²) in [6.45, 7) is 3.58. The largest absolute Gasteiger partial charge is 0.494 e. The third kappa shape index (κ3) is 8.31. The molecule has 5 heteroatoms. The molecule has 0 aromatic heterocycles. The van der Waals surface area contributed by atoms with E-state index in [1.54, 1.807) is 6.07 Å². The number of unbranched alkanes of at least 4 members (excludes halogenated alkanes) is 2. The Kier molecular flexibility index (Phi) is 11.9. The molecule has 1 fully saturated rings. The van der Waals surface area contributed by atoms with Gasteiger partial charge in [-0.2, -0.15) is 0 Å². The van der Waals surface area contributed by atoms with E-state index < -0.39 is 0 Å². The summed E-state index contributed by atoms with van der Waals surface area (Å²) < 4.78 is 27.6. The van der Waals surface area contributed by atoms with Crippen LogP contribution >= 0.6 is 0 Å². The normalized spacial score (nSPS) is 17.1. The number of rotatable bonds is 15. The van der Waals surface area contributed by atoms with Gasteiger partial charge in [0.05, 0.1) is 13.2 Å². The minimum atomic E-state index is -0.184. The number of hydrogen-bond donors (Lipinski definition) is 2. The lowest BCUT2D eigenvalue weighted by Crippen LogP contribution is -2.13. The predicted octanol–water partition coefficient (Wildman–Crippen LogP) is 8.54. The number of hydrogen-bond acceptors (Lipinski definition) is 4. The monoisotopic (exact) mass is 548 g/mol. The highest BCUT2D eigenvalue weighted by Crippen LogP contribution is 2.40. The molecular weight excluding hydrogens is 503 g/mol. The van der Waals surface area contributed by atoms with Crippen LogP contribution in [0, 0.1) is 11.7 Å². The molecule has 2 N–H and O–H groups in total. The fraction of sp³-hybridized carbons (Fsp3) is 0.486. The third-order valence-electron chi connectivity index (χ3n) is 8.08. The van der Waals surface area contributed by atoms with Crippen molar-refractivity contribution in [1.29, 1.82) is 0 Å². The van der Waals surface area contributed by atoms with Crippen LogP contribution in [0.15, 0.2) is 60.7 Å². The topological polar surface area (TPSA) is 58.9 Å². The SMILES string of the molecule is CCCC1CCC(c2ccc(-c3ccc(OCCCCO)c(-c4cccc(OCCCCO)c4)c3)c(F)c2)CC1. The van der Waals surface area contributed by atoms with Gasteiger partial charge in [-0.25, -0.2) is 4.39 Å². The van der Waals surface area contributed by atoms with Crippen molar-refractivity contribution < 1.29 is 24.1 Å². The molecule has 1 aliphatic rings. The maximum absolute atomic E-state index is 15.6. The van der Waals surface area contributed by atoms with Gasteiger partial charge in [0, 0.05) is 24.3 Å². The molecule has 0 atom stereocenters. The van der Waals surface area contributed by atoms with Crippen molar-refractivity contribution >= 4 is 0 Å². The Hall–Kier alpha value is -2.89. The summed E-state index contributed by atoms with van der Waals surface area (Å²) in [5.74, 6) is 2.56. The molecule has 0 saturated heterocycles.